The van der Waals surface area contributed by atoms with Gasteiger partial charge in [-0.15, -0.1) is 0 Å². The highest BCUT2D eigenvalue weighted by molar-refractivity contribution is 7.47. The third kappa shape index (κ3) is 11.9. The molecule has 0 saturated carbocycles. The predicted octanol–water partition coefficient (Wildman–Crippen LogP) is 1.51. The number of esters is 2. The van der Waals surface area contributed by atoms with Crippen LogP contribution in [0, 0.1) is 0 Å². The van der Waals surface area contributed by atoms with Crippen molar-refractivity contribution in [2.24, 2.45) is 0 Å². The summed E-state index contributed by atoms with van der Waals surface area (Å²) in [5, 5.41) is 0. The minimum atomic E-state index is -4.31. The van der Waals surface area contributed by atoms with E-state index in [1.165, 1.54) is 6.92 Å². The summed E-state index contributed by atoms with van der Waals surface area (Å²) in [6.07, 6.45) is -0.931. The van der Waals surface area contributed by atoms with Crippen LogP contribution in [0.2, 0.25) is 0 Å². The van der Waals surface area contributed by atoms with Gasteiger partial charge in [-0.1, -0.05) is 20.4 Å². The number of carbonyl (C=O) groups is 2. The standard InChI is InChI=1S/C15H28NO8P/c1-6-14(17)24-13(10-21-15(18)12(3)4)11-23-25(19,20)22-9-8-16(5)7-2/h13H,3,6-11H2,1-2,4-5H3,(H,19,20). The first-order valence-corrected chi connectivity index (χ1v) is 9.43. The zero-order chi connectivity index (χ0) is 19.5. The van der Waals surface area contributed by atoms with Crippen molar-refractivity contribution in [3.63, 3.8) is 0 Å². The van der Waals surface area contributed by atoms with E-state index in [2.05, 4.69) is 6.58 Å². The lowest BCUT2D eigenvalue weighted by atomic mass is 10.3. The fourth-order valence-corrected chi connectivity index (χ4v) is 2.10. The van der Waals surface area contributed by atoms with Gasteiger partial charge >= 0.3 is 19.8 Å². The SMILES string of the molecule is C=C(C)C(=O)OCC(COP(=O)(O)OCCN(C)CC)OC(=O)CC. The normalized spacial score (nSPS) is 14.6. The van der Waals surface area contributed by atoms with Crippen LogP contribution in [0.25, 0.3) is 0 Å². The van der Waals surface area contributed by atoms with E-state index in [1.807, 2.05) is 18.9 Å². The highest BCUT2D eigenvalue weighted by Gasteiger charge is 2.26. The zero-order valence-electron chi connectivity index (χ0n) is 15.2. The monoisotopic (exact) mass is 381 g/mol. The van der Waals surface area contributed by atoms with E-state index in [-0.39, 0.29) is 25.2 Å². The van der Waals surface area contributed by atoms with E-state index < -0.39 is 32.5 Å². The van der Waals surface area contributed by atoms with Crippen molar-refractivity contribution >= 4 is 19.8 Å². The summed E-state index contributed by atoms with van der Waals surface area (Å²) < 4.78 is 31.4. The van der Waals surface area contributed by atoms with Crippen LogP contribution in [0.15, 0.2) is 12.2 Å². The molecule has 0 aromatic rings. The Bertz CT molecular complexity index is 496. The molecule has 9 nitrogen and oxygen atoms in total. The van der Waals surface area contributed by atoms with Gasteiger partial charge in [-0.2, -0.15) is 0 Å². The summed E-state index contributed by atoms with van der Waals surface area (Å²) in [4.78, 5) is 34.3. The molecule has 0 fully saturated rings. The second-order valence-corrected chi connectivity index (χ2v) is 6.79. The van der Waals surface area contributed by atoms with E-state index in [0.29, 0.717) is 6.54 Å². The maximum atomic E-state index is 11.8. The smallest absolute Gasteiger partial charge is 0.458 e. The molecule has 0 heterocycles. The van der Waals surface area contributed by atoms with Crippen molar-refractivity contribution in [2.45, 2.75) is 33.3 Å². The lowest BCUT2D eigenvalue weighted by Gasteiger charge is -2.20. The topological polar surface area (TPSA) is 112 Å². The van der Waals surface area contributed by atoms with Crippen LogP contribution in [0.4, 0.5) is 0 Å². The molecule has 0 bridgehead atoms. The second kappa shape index (κ2) is 12.2. The van der Waals surface area contributed by atoms with Crippen LogP contribution in [-0.2, 0) is 32.7 Å². The Morgan fingerprint density at radius 3 is 2.40 bits per heavy atom. The lowest BCUT2D eigenvalue weighted by molar-refractivity contribution is -0.159. The summed E-state index contributed by atoms with van der Waals surface area (Å²) in [5.41, 5.74) is 0.178. The Balaban J connectivity index is 4.51. The number of likely N-dealkylation sites (N-methyl/N-ethyl adjacent to an activating group) is 1. The Morgan fingerprint density at radius 1 is 1.24 bits per heavy atom. The Kier molecular flexibility index (Phi) is 11.6. The van der Waals surface area contributed by atoms with Gasteiger partial charge in [0.2, 0.25) is 0 Å². The van der Waals surface area contributed by atoms with Crippen LogP contribution in [0.1, 0.15) is 27.2 Å². The van der Waals surface area contributed by atoms with Gasteiger partial charge in [0.05, 0.1) is 13.2 Å². The first-order valence-electron chi connectivity index (χ1n) is 7.93. The number of phosphoric acid groups is 1. The number of phosphoric ester groups is 1. The van der Waals surface area contributed by atoms with Gasteiger partial charge in [-0.25, -0.2) is 9.36 Å². The minimum absolute atomic E-state index is 0.00216. The highest BCUT2D eigenvalue weighted by atomic mass is 31.2. The van der Waals surface area contributed by atoms with Gasteiger partial charge < -0.3 is 19.3 Å². The fourth-order valence-electron chi connectivity index (χ4n) is 1.36. The maximum Gasteiger partial charge on any atom is 0.472 e. The number of ether oxygens (including phenoxy) is 2. The Labute approximate surface area is 148 Å². The van der Waals surface area contributed by atoms with Crippen LogP contribution in [0.3, 0.4) is 0 Å². The van der Waals surface area contributed by atoms with Crippen LogP contribution in [-0.4, -0.2) is 67.8 Å². The number of hydrogen-bond donors (Lipinski definition) is 1. The number of nitrogens with zero attached hydrogens (tertiary/aromatic N) is 1. The van der Waals surface area contributed by atoms with E-state index in [9.17, 15) is 19.0 Å². The molecule has 2 atom stereocenters. The zero-order valence-corrected chi connectivity index (χ0v) is 16.1. The molecule has 25 heavy (non-hydrogen) atoms. The Hall–Kier alpha value is -1.25. The molecular weight excluding hydrogens is 353 g/mol. The number of rotatable bonds is 13. The van der Waals surface area contributed by atoms with Crippen molar-refractivity contribution in [1.29, 1.82) is 0 Å². The molecule has 0 aromatic carbocycles. The number of carbonyl (C=O) groups excluding carboxylic acids is 2. The molecule has 0 spiro atoms. The predicted molar refractivity (Wildman–Crippen MR) is 90.8 cm³/mol. The fraction of sp³-hybridized carbons (Fsp3) is 0.733. The molecule has 0 radical (unpaired) electrons. The molecule has 0 rings (SSSR count). The summed E-state index contributed by atoms with van der Waals surface area (Å²) >= 11 is 0. The van der Waals surface area contributed by atoms with Crippen LogP contribution in [0.5, 0.6) is 0 Å². The highest BCUT2D eigenvalue weighted by Crippen LogP contribution is 2.43. The van der Waals surface area contributed by atoms with Gasteiger partial charge in [-0.3, -0.25) is 13.8 Å². The van der Waals surface area contributed by atoms with Crippen molar-refractivity contribution in [1.82, 2.24) is 4.90 Å². The second-order valence-electron chi connectivity index (χ2n) is 5.34. The van der Waals surface area contributed by atoms with Crippen LogP contribution < -0.4 is 0 Å². The first kappa shape index (κ1) is 23.8. The lowest BCUT2D eigenvalue weighted by Crippen LogP contribution is -2.29. The molecule has 0 aliphatic heterocycles. The molecule has 0 amide bonds. The summed E-state index contributed by atoms with van der Waals surface area (Å²) in [7, 11) is -2.47. The third-order valence-electron chi connectivity index (χ3n) is 3.03. The molecule has 0 aliphatic rings. The summed E-state index contributed by atoms with van der Waals surface area (Å²) in [6.45, 7) is 8.87. The van der Waals surface area contributed by atoms with Crippen LogP contribution >= 0.6 is 7.82 Å². The maximum absolute atomic E-state index is 11.8. The van der Waals surface area contributed by atoms with Crippen molar-refractivity contribution in [2.75, 3.05) is 40.0 Å². The van der Waals surface area contributed by atoms with Gasteiger partial charge in [0.25, 0.3) is 0 Å². The molecule has 10 heteroatoms. The molecule has 146 valence electrons. The largest absolute Gasteiger partial charge is 0.472 e. The molecule has 0 saturated heterocycles. The minimum Gasteiger partial charge on any atom is -0.458 e. The Morgan fingerprint density at radius 2 is 1.88 bits per heavy atom. The number of hydrogen-bond acceptors (Lipinski definition) is 8. The summed E-state index contributed by atoms with van der Waals surface area (Å²) in [6, 6.07) is 0. The quantitative estimate of drug-likeness (QED) is 0.288. The molecular formula is C15H28NO8P. The molecule has 1 N–H and O–H groups in total. The first-order chi connectivity index (χ1) is 11.6. The van der Waals surface area contributed by atoms with Gasteiger partial charge in [0.1, 0.15) is 6.61 Å². The third-order valence-corrected chi connectivity index (χ3v) is 4.01. The van der Waals surface area contributed by atoms with E-state index >= 15 is 0 Å². The van der Waals surface area contributed by atoms with E-state index in [4.69, 9.17) is 18.5 Å². The van der Waals surface area contributed by atoms with Crippen molar-refractivity contribution < 1.29 is 37.6 Å². The average molecular weight is 381 g/mol. The van der Waals surface area contributed by atoms with Crippen molar-refractivity contribution in [3.8, 4) is 0 Å². The van der Waals surface area contributed by atoms with Gasteiger partial charge in [0.15, 0.2) is 6.10 Å². The average Bonchev–Trinajstić information content (AvgIpc) is 2.56. The van der Waals surface area contributed by atoms with Gasteiger partial charge in [-0.05, 0) is 20.5 Å². The molecule has 0 aromatic heterocycles. The van der Waals surface area contributed by atoms with E-state index in [0.717, 1.165) is 6.54 Å². The van der Waals surface area contributed by atoms with Gasteiger partial charge in [0, 0.05) is 18.5 Å². The van der Waals surface area contributed by atoms with E-state index in [1.54, 1.807) is 6.92 Å². The molecule has 0 aliphatic carbocycles. The summed E-state index contributed by atoms with van der Waals surface area (Å²) in [5.74, 6) is -1.22. The molecule has 2 unspecified atom stereocenters. The van der Waals surface area contributed by atoms with Crippen molar-refractivity contribution in [3.05, 3.63) is 12.2 Å².